The Morgan fingerprint density at radius 2 is 2.00 bits per heavy atom. The maximum atomic E-state index is 13.2. The van der Waals surface area contributed by atoms with Crippen LogP contribution in [0.15, 0.2) is 35.7 Å². The average Bonchev–Trinajstić information content (AvgIpc) is 3.37. The lowest BCUT2D eigenvalue weighted by Gasteiger charge is -2.27. The molecule has 0 saturated carbocycles. The van der Waals surface area contributed by atoms with Crippen molar-refractivity contribution in [1.29, 1.82) is 0 Å². The molecule has 2 aromatic rings. The number of carbonyl (C=O) groups is 1. The lowest BCUT2D eigenvalue weighted by atomic mass is 10.1. The van der Waals surface area contributed by atoms with Crippen molar-refractivity contribution in [1.82, 2.24) is 0 Å². The SMILES string of the molecule is Cl.NC[C@H]1CC[C@@H](C(=O)N(Cc2cccs2)c2ccc3c(c2)OCCO3)O1. The summed E-state index contributed by atoms with van der Waals surface area (Å²) in [5.74, 6) is 1.35. The van der Waals surface area contributed by atoms with Gasteiger partial charge in [0, 0.05) is 23.2 Å². The number of nitrogens with two attached hydrogens (primary N) is 1. The van der Waals surface area contributed by atoms with Crippen molar-refractivity contribution in [3.8, 4) is 11.5 Å². The number of benzene rings is 1. The van der Waals surface area contributed by atoms with E-state index in [1.165, 1.54) is 0 Å². The monoisotopic (exact) mass is 410 g/mol. The molecule has 8 heteroatoms. The van der Waals surface area contributed by atoms with Crippen LogP contribution in [0.4, 0.5) is 5.69 Å². The second-order valence-corrected chi connectivity index (χ2v) is 7.42. The van der Waals surface area contributed by atoms with Crippen molar-refractivity contribution in [3.63, 3.8) is 0 Å². The van der Waals surface area contributed by atoms with E-state index in [1.807, 2.05) is 35.7 Å². The molecule has 0 spiro atoms. The molecule has 3 heterocycles. The first kappa shape index (κ1) is 19.9. The predicted molar refractivity (Wildman–Crippen MR) is 107 cm³/mol. The van der Waals surface area contributed by atoms with Gasteiger partial charge in [-0.1, -0.05) is 6.07 Å². The first-order valence-corrected chi connectivity index (χ1v) is 9.71. The summed E-state index contributed by atoms with van der Waals surface area (Å²) >= 11 is 1.63. The van der Waals surface area contributed by atoms with Gasteiger partial charge in [0.05, 0.1) is 12.6 Å². The number of ether oxygens (including phenoxy) is 3. The smallest absolute Gasteiger partial charge is 0.256 e. The highest BCUT2D eigenvalue weighted by Gasteiger charge is 2.34. The number of rotatable bonds is 5. The quantitative estimate of drug-likeness (QED) is 0.820. The van der Waals surface area contributed by atoms with Crippen LogP contribution in [0, 0.1) is 0 Å². The summed E-state index contributed by atoms with van der Waals surface area (Å²) in [6, 6.07) is 9.64. The minimum absolute atomic E-state index is 0. The highest BCUT2D eigenvalue weighted by atomic mass is 35.5. The molecule has 2 aliphatic rings. The molecule has 1 aromatic carbocycles. The number of amides is 1. The van der Waals surface area contributed by atoms with Crippen molar-refractivity contribution < 1.29 is 19.0 Å². The number of nitrogens with zero attached hydrogens (tertiary/aromatic N) is 1. The first-order valence-electron chi connectivity index (χ1n) is 8.83. The molecular weight excluding hydrogens is 388 g/mol. The Hall–Kier alpha value is -1.80. The van der Waals surface area contributed by atoms with Crippen LogP contribution in [0.1, 0.15) is 17.7 Å². The topological polar surface area (TPSA) is 74.0 Å². The Labute approximate surface area is 168 Å². The van der Waals surface area contributed by atoms with E-state index in [-0.39, 0.29) is 24.4 Å². The minimum atomic E-state index is -0.447. The van der Waals surface area contributed by atoms with E-state index in [0.717, 1.165) is 17.0 Å². The molecule has 2 aliphatic heterocycles. The number of hydrogen-bond donors (Lipinski definition) is 1. The molecule has 1 aromatic heterocycles. The minimum Gasteiger partial charge on any atom is -0.486 e. The van der Waals surface area contributed by atoms with E-state index in [0.29, 0.717) is 44.2 Å². The van der Waals surface area contributed by atoms with Crippen LogP contribution in [0.3, 0.4) is 0 Å². The van der Waals surface area contributed by atoms with Gasteiger partial charge in [-0.15, -0.1) is 23.7 Å². The number of halogens is 1. The van der Waals surface area contributed by atoms with Gasteiger partial charge in [0.2, 0.25) is 0 Å². The van der Waals surface area contributed by atoms with Gasteiger partial charge < -0.3 is 24.8 Å². The molecule has 0 radical (unpaired) electrons. The zero-order valence-electron chi connectivity index (χ0n) is 14.8. The number of thiophene rings is 1. The zero-order chi connectivity index (χ0) is 17.9. The van der Waals surface area contributed by atoms with Crippen molar-refractivity contribution in [2.24, 2.45) is 5.73 Å². The van der Waals surface area contributed by atoms with Crippen molar-refractivity contribution in [2.75, 3.05) is 24.7 Å². The van der Waals surface area contributed by atoms with E-state index in [4.69, 9.17) is 19.9 Å². The van der Waals surface area contributed by atoms with Gasteiger partial charge in [0.25, 0.3) is 5.91 Å². The van der Waals surface area contributed by atoms with E-state index in [2.05, 4.69) is 0 Å². The molecule has 0 unspecified atom stereocenters. The zero-order valence-corrected chi connectivity index (χ0v) is 16.5. The van der Waals surface area contributed by atoms with Crippen molar-refractivity contribution in [2.45, 2.75) is 31.6 Å². The Morgan fingerprint density at radius 3 is 2.70 bits per heavy atom. The fourth-order valence-electron chi connectivity index (χ4n) is 3.29. The third kappa shape index (κ3) is 4.38. The second kappa shape index (κ2) is 8.93. The lowest BCUT2D eigenvalue weighted by molar-refractivity contribution is -0.129. The average molecular weight is 411 g/mol. The van der Waals surface area contributed by atoms with Gasteiger partial charge in [-0.25, -0.2) is 0 Å². The van der Waals surface area contributed by atoms with Crippen LogP contribution in [0.5, 0.6) is 11.5 Å². The third-order valence-corrected chi connectivity index (χ3v) is 5.50. The molecule has 1 saturated heterocycles. The number of anilines is 1. The van der Waals surface area contributed by atoms with Crippen LogP contribution < -0.4 is 20.1 Å². The van der Waals surface area contributed by atoms with Crippen LogP contribution in [-0.2, 0) is 16.1 Å². The predicted octanol–water partition coefficient (Wildman–Crippen LogP) is 2.98. The van der Waals surface area contributed by atoms with E-state index >= 15 is 0 Å². The Morgan fingerprint density at radius 1 is 1.19 bits per heavy atom. The summed E-state index contributed by atoms with van der Waals surface area (Å²) in [6.45, 7) is 2.00. The summed E-state index contributed by atoms with van der Waals surface area (Å²) in [7, 11) is 0. The van der Waals surface area contributed by atoms with Crippen LogP contribution >= 0.6 is 23.7 Å². The van der Waals surface area contributed by atoms with E-state index in [1.54, 1.807) is 16.2 Å². The van der Waals surface area contributed by atoms with Crippen LogP contribution in [0.2, 0.25) is 0 Å². The molecule has 27 heavy (non-hydrogen) atoms. The normalized spacial score (nSPS) is 20.8. The van der Waals surface area contributed by atoms with Crippen LogP contribution in [-0.4, -0.2) is 37.9 Å². The van der Waals surface area contributed by atoms with Gasteiger partial charge in [-0.05, 0) is 36.4 Å². The highest BCUT2D eigenvalue weighted by molar-refractivity contribution is 7.09. The molecule has 2 N–H and O–H groups in total. The molecular formula is C19H23ClN2O4S. The number of carbonyl (C=O) groups excluding carboxylic acids is 1. The van der Waals surface area contributed by atoms with Gasteiger partial charge in [0.15, 0.2) is 11.5 Å². The summed E-state index contributed by atoms with van der Waals surface area (Å²) in [4.78, 5) is 16.1. The highest BCUT2D eigenvalue weighted by Crippen LogP contribution is 2.35. The molecule has 1 fully saturated rings. The van der Waals surface area contributed by atoms with Gasteiger partial charge in [-0.2, -0.15) is 0 Å². The fourth-order valence-corrected chi connectivity index (χ4v) is 3.98. The third-order valence-electron chi connectivity index (χ3n) is 4.64. The fraction of sp³-hybridized carbons (Fsp3) is 0.421. The largest absolute Gasteiger partial charge is 0.486 e. The second-order valence-electron chi connectivity index (χ2n) is 6.39. The van der Waals surface area contributed by atoms with Crippen LogP contribution in [0.25, 0.3) is 0 Å². The maximum Gasteiger partial charge on any atom is 0.256 e. The Kier molecular flexibility index (Phi) is 6.59. The van der Waals surface area contributed by atoms with Crippen molar-refractivity contribution in [3.05, 3.63) is 40.6 Å². The van der Waals surface area contributed by atoms with Gasteiger partial charge in [0.1, 0.15) is 19.3 Å². The summed E-state index contributed by atoms with van der Waals surface area (Å²) in [5.41, 5.74) is 6.48. The van der Waals surface area contributed by atoms with E-state index in [9.17, 15) is 4.79 Å². The molecule has 4 rings (SSSR count). The standard InChI is InChI=1S/C19H22N2O4S.ClH/c20-11-14-4-6-17(25-14)19(22)21(12-15-2-1-9-26-15)13-3-5-16-18(10-13)24-8-7-23-16;/h1-3,5,9-10,14,17H,4,6-8,11-12,20H2;1H/t14-,17+;/m1./s1. The molecule has 2 atom stereocenters. The van der Waals surface area contributed by atoms with Gasteiger partial charge in [-0.3, -0.25) is 4.79 Å². The maximum absolute atomic E-state index is 13.2. The summed E-state index contributed by atoms with van der Waals surface area (Å²) < 4.78 is 17.1. The number of fused-ring (bicyclic) bond motifs is 1. The first-order chi connectivity index (χ1) is 12.7. The van der Waals surface area contributed by atoms with Gasteiger partial charge >= 0.3 is 0 Å². The molecule has 0 bridgehead atoms. The lowest BCUT2D eigenvalue weighted by Crippen LogP contribution is -2.39. The molecule has 1 amide bonds. The summed E-state index contributed by atoms with van der Waals surface area (Å²) in [6.07, 6.45) is 1.04. The molecule has 146 valence electrons. The summed E-state index contributed by atoms with van der Waals surface area (Å²) in [5, 5.41) is 2.01. The van der Waals surface area contributed by atoms with E-state index < -0.39 is 6.10 Å². The number of hydrogen-bond acceptors (Lipinski definition) is 6. The molecule has 6 nitrogen and oxygen atoms in total. The molecule has 0 aliphatic carbocycles. The van der Waals surface area contributed by atoms with Crippen molar-refractivity contribution >= 4 is 35.3 Å². The Balaban J connectivity index is 0.00000210. The Bertz CT molecular complexity index is 771.